The van der Waals surface area contributed by atoms with E-state index < -0.39 is 12.1 Å². The first-order chi connectivity index (χ1) is 9.87. The highest BCUT2D eigenvalue weighted by atomic mass is 32.1. The number of rotatable bonds is 4. The largest absolute Gasteiger partial charge is 0.573 e. The molecule has 1 heterocycles. The molecule has 9 heteroatoms. The molecule has 0 radical (unpaired) electrons. The minimum Gasteiger partial charge on any atom is -0.433 e. The minimum atomic E-state index is -4.84. The van der Waals surface area contributed by atoms with Crippen LogP contribution in [0.4, 0.5) is 13.2 Å². The molecule has 0 aliphatic carbocycles. The van der Waals surface area contributed by atoms with E-state index in [0.717, 1.165) is 6.07 Å². The molecule has 0 aliphatic rings. The van der Waals surface area contributed by atoms with Gasteiger partial charge in [0.15, 0.2) is 17.2 Å². The van der Waals surface area contributed by atoms with Gasteiger partial charge in [-0.15, -0.1) is 13.2 Å². The third-order valence-electron chi connectivity index (χ3n) is 2.18. The number of halogens is 3. The number of nitrogens with zero attached hydrogens (tertiary/aromatic N) is 2. The Morgan fingerprint density at radius 3 is 2.33 bits per heavy atom. The number of ether oxygens (including phenoxy) is 2. The van der Waals surface area contributed by atoms with E-state index in [-0.39, 0.29) is 22.3 Å². The van der Waals surface area contributed by atoms with Crippen molar-refractivity contribution in [2.45, 2.75) is 6.36 Å². The SMILES string of the molecule is NC(=S)c1nccnc1Oc1ccccc1OC(F)(F)F. The average molecular weight is 315 g/mol. The molecule has 2 N–H and O–H groups in total. The van der Waals surface area contributed by atoms with E-state index in [1.807, 2.05) is 0 Å². The van der Waals surface area contributed by atoms with Crippen molar-refractivity contribution in [3.63, 3.8) is 0 Å². The minimum absolute atomic E-state index is 0.0642. The van der Waals surface area contributed by atoms with E-state index in [1.165, 1.54) is 30.6 Å². The van der Waals surface area contributed by atoms with Gasteiger partial charge in [0.25, 0.3) is 0 Å². The molecular weight excluding hydrogens is 307 g/mol. The first-order valence-corrected chi connectivity index (χ1v) is 5.91. The Bertz CT molecular complexity index is 664. The highest BCUT2D eigenvalue weighted by molar-refractivity contribution is 7.80. The lowest BCUT2D eigenvalue weighted by atomic mass is 10.3. The molecule has 0 spiro atoms. The van der Waals surface area contributed by atoms with Gasteiger partial charge in [0, 0.05) is 12.4 Å². The van der Waals surface area contributed by atoms with Crippen LogP contribution in [0.2, 0.25) is 0 Å². The molecule has 5 nitrogen and oxygen atoms in total. The number of aromatic nitrogens is 2. The summed E-state index contributed by atoms with van der Waals surface area (Å²) in [5.74, 6) is -0.805. The number of hydrogen-bond acceptors (Lipinski definition) is 5. The Labute approximate surface area is 122 Å². The summed E-state index contributed by atoms with van der Waals surface area (Å²) in [5, 5.41) is 0. The van der Waals surface area contributed by atoms with Crippen LogP contribution in [-0.2, 0) is 0 Å². The Kier molecular flexibility index (Phi) is 4.22. The second kappa shape index (κ2) is 5.92. The quantitative estimate of drug-likeness (QED) is 0.875. The van der Waals surface area contributed by atoms with Crippen LogP contribution in [0.25, 0.3) is 0 Å². The van der Waals surface area contributed by atoms with Gasteiger partial charge in [-0.1, -0.05) is 24.4 Å². The lowest BCUT2D eigenvalue weighted by Crippen LogP contribution is -2.18. The number of nitrogens with two attached hydrogens (primary N) is 1. The van der Waals surface area contributed by atoms with Crippen LogP contribution in [0.15, 0.2) is 36.7 Å². The van der Waals surface area contributed by atoms with Crippen molar-refractivity contribution in [2.24, 2.45) is 5.73 Å². The average Bonchev–Trinajstić information content (AvgIpc) is 2.40. The zero-order chi connectivity index (χ0) is 15.5. The fourth-order valence-electron chi connectivity index (χ4n) is 1.42. The maximum absolute atomic E-state index is 12.3. The van der Waals surface area contributed by atoms with Gasteiger partial charge in [-0.05, 0) is 12.1 Å². The Morgan fingerprint density at radius 1 is 1.10 bits per heavy atom. The summed E-state index contributed by atoms with van der Waals surface area (Å²) in [7, 11) is 0. The number of benzene rings is 1. The van der Waals surface area contributed by atoms with Gasteiger partial charge in [-0.3, -0.25) is 0 Å². The van der Waals surface area contributed by atoms with Crippen molar-refractivity contribution >= 4 is 17.2 Å². The fraction of sp³-hybridized carbons (Fsp3) is 0.0833. The van der Waals surface area contributed by atoms with Crippen molar-refractivity contribution in [2.75, 3.05) is 0 Å². The molecule has 0 unspecified atom stereocenters. The molecule has 0 saturated heterocycles. The van der Waals surface area contributed by atoms with Gasteiger partial charge in [-0.25, -0.2) is 9.97 Å². The summed E-state index contributed by atoms with van der Waals surface area (Å²) in [6, 6.07) is 5.26. The third-order valence-corrected chi connectivity index (χ3v) is 2.37. The molecule has 0 fully saturated rings. The smallest absolute Gasteiger partial charge is 0.433 e. The Hall–Kier alpha value is -2.42. The van der Waals surface area contributed by atoms with Crippen molar-refractivity contribution in [3.05, 3.63) is 42.4 Å². The van der Waals surface area contributed by atoms with Crippen molar-refractivity contribution < 1.29 is 22.6 Å². The third kappa shape index (κ3) is 4.02. The summed E-state index contributed by atoms with van der Waals surface area (Å²) in [5.41, 5.74) is 5.51. The highest BCUT2D eigenvalue weighted by Gasteiger charge is 2.32. The molecule has 21 heavy (non-hydrogen) atoms. The molecule has 1 aromatic carbocycles. The zero-order valence-electron chi connectivity index (χ0n) is 10.3. The summed E-state index contributed by atoms with van der Waals surface area (Å²) in [6.07, 6.45) is -2.21. The van der Waals surface area contributed by atoms with Crippen molar-refractivity contribution in [1.82, 2.24) is 9.97 Å². The normalized spacial score (nSPS) is 11.0. The summed E-state index contributed by atoms with van der Waals surface area (Å²) in [4.78, 5) is 7.62. The van der Waals surface area contributed by atoms with Gasteiger partial charge in [-0.2, -0.15) is 0 Å². The molecule has 0 amide bonds. The number of thiocarbonyl (C=S) groups is 1. The fourth-order valence-corrected chi connectivity index (χ4v) is 1.56. The Balaban J connectivity index is 2.35. The maximum Gasteiger partial charge on any atom is 0.573 e. The van der Waals surface area contributed by atoms with Gasteiger partial charge in [0.05, 0.1) is 0 Å². The number of para-hydroxylation sites is 2. The van der Waals surface area contributed by atoms with E-state index in [9.17, 15) is 13.2 Å². The number of hydrogen-bond donors (Lipinski definition) is 1. The molecule has 0 atom stereocenters. The van der Waals surface area contributed by atoms with E-state index in [0.29, 0.717) is 0 Å². The summed E-state index contributed by atoms with van der Waals surface area (Å²) < 4.78 is 46.1. The van der Waals surface area contributed by atoms with Crippen molar-refractivity contribution in [1.29, 1.82) is 0 Å². The van der Waals surface area contributed by atoms with Crippen molar-refractivity contribution in [3.8, 4) is 17.4 Å². The van der Waals surface area contributed by atoms with Gasteiger partial charge in [0.1, 0.15) is 4.99 Å². The topological polar surface area (TPSA) is 70.3 Å². The molecule has 110 valence electrons. The molecule has 2 rings (SSSR count). The lowest BCUT2D eigenvalue weighted by molar-refractivity contribution is -0.275. The molecule has 0 aliphatic heterocycles. The monoisotopic (exact) mass is 315 g/mol. The first-order valence-electron chi connectivity index (χ1n) is 5.50. The maximum atomic E-state index is 12.3. The van der Waals surface area contributed by atoms with E-state index in [1.54, 1.807) is 0 Å². The second-order valence-corrected chi connectivity index (χ2v) is 4.11. The summed E-state index contributed by atoms with van der Waals surface area (Å²) >= 11 is 4.77. The van der Waals surface area contributed by atoms with E-state index in [2.05, 4.69) is 14.7 Å². The molecule has 2 aromatic rings. The molecule has 1 aromatic heterocycles. The van der Waals surface area contributed by atoms with Crippen LogP contribution in [0, 0.1) is 0 Å². The number of alkyl halides is 3. The second-order valence-electron chi connectivity index (χ2n) is 3.67. The predicted octanol–water partition coefficient (Wildman–Crippen LogP) is 2.80. The molecule has 0 bridgehead atoms. The predicted molar refractivity (Wildman–Crippen MR) is 71.1 cm³/mol. The molecular formula is C12H8F3N3O2S. The Morgan fingerprint density at radius 2 is 1.71 bits per heavy atom. The van der Waals surface area contributed by atoms with Crippen LogP contribution in [-0.4, -0.2) is 21.3 Å². The lowest BCUT2D eigenvalue weighted by Gasteiger charge is -2.14. The first kappa shape index (κ1) is 15.0. The van der Waals surface area contributed by atoms with Crippen LogP contribution < -0.4 is 15.2 Å². The standard InChI is InChI=1S/C12H8F3N3O2S/c13-12(14,15)20-8-4-2-1-3-7(8)19-11-9(10(16)21)17-5-6-18-11/h1-6H,(H2,16,21). The van der Waals surface area contributed by atoms with E-state index in [4.69, 9.17) is 22.7 Å². The van der Waals surface area contributed by atoms with Gasteiger partial charge in [0.2, 0.25) is 5.88 Å². The van der Waals surface area contributed by atoms with Crippen LogP contribution in [0.5, 0.6) is 17.4 Å². The zero-order valence-corrected chi connectivity index (χ0v) is 11.1. The summed E-state index contributed by atoms with van der Waals surface area (Å²) in [6.45, 7) is 0. The molecule has 0 saturated carbocycles. The highest BCUT2D eigenvalue weighted by Crippen LogP contribution is 2.34. The van der Waals surface area contributed by atoms with Crippen LogP contribution in [0.1, 0.15) is 5.69 Å². The van der Waals surface area contributed by atoms with Gasteiger partial charge < -0.3 is 15.2 Å². The van der Waals surface area contributed by atoms with Gasteiger partial charge >= 0.3 is 6.36 Å². The van der Waals surface area contributed by atoms with Crippen LogP contribution in [0.3, 0.4) is 0 Å². The van der Waals surface area contributed by atoms with E-state index >= 15 is 0 Å². The van der Waals surface area contributed by atoms with Crippen LogP contribution >= 0.6 is 12.2 Å².